The van der Waals surface area contributed by atoms with Crippen molar-refractivity contribution in [1.29, 1.82) is 0 Å². The van der Waals surface area contributed by atoms with Crippen LogP contribution in [0.2, 0.25) is 0 Å². The normalized spacial score (nSPS) is 23.8. The Bertz CT molecular complexity index is 401. The molecule has 0 saturated heterocycles. The van der Waals surface area contributed by atoms with E-state index in [4.69, 9.17) is 4.74 Å². The Morgan fingerprint density at radius 1 is 1.19 bits per heavy atom. The van der Waals surface area contributed by atoms with E-state index in [0.29, 0.717) is 6.04 Å². The summed E-state index contributed by atoms with van der Waals surface area (Å²) in [5.41, 5.74) is 1.42. The van der Waals surface area contributed by atoms with E-state index < -0.39 is 0 Å². The van der Waals surface area contributed by atoms with Gasteiger partial charge >= 0.3 is 0 Å². The molecule has 1 fully saturated rings. The molecule has 0 radical (unpaired) electrons. The van der Waals surface area contributed by atoms with Crippen LogP contribution < -0.4 is 10.1 Å². The maximum atomic E-state index is 5.69. The van der Waals surface area contributed by atoms with Gasteiger partial charge in [-0.3, -0.25) is 0 Å². The summed E-state index contributed by atoms with van der Waals surface area (Å²) in [7, 11) is 0. The van der Waals surface area contributed by atoms with Gasteiger partial charge in [0, 0.05) is 6.04 Å². The molecule has 3 atom stereocenters. The van der Waals surface area contributed by atoms with Crippen molar-refractivity contribution in [3.63, 3.8) is 0 Å². The maximum absolute atomic E-state index is 5.69. The van der Waals surface area contributed by atoms with Gasteiger partial charge in [0.2, 0.25) is 0 Å². The standard InChI is InChI=1S/C19H31NO/c1-4-13-21-18-11-9-16(10-12-18)19(20-5-2)17-8-6-7-15(3)14-17/h9-12,15,17,19-20H,4-8,13-14H2,1-3H3. The Kier molecular flexibility index (Phi) is 6.56. The summed E-state index contributed by atoms with van der Waals surface area (Å²) in [6, 6.07) is 9.25. The predicted octanol–water partition coefficient (Wildman–Crippen LogP) is 4.95. The lowest BCUT2D eigenvalue weighted by Gasteiger charge is -2.34. The Balaban J connectivity index is 2.06. The summed E-state index contributed by atoms with van der Waals surface area (Å²) in [5, 5.41) is 3.71. The highest BCUT2D eigenvalue weighted by Crippen LogP contribution is 2.37. The van der Waals surface area contributed by atoms with Gasteiger partial charge in [0.15, 0.2) is 0 Å². The van der Waals surface area contributed by atoms with Crippen LogP contribution in [0.15, 0.2) is 24.3 Å². The van der Waals surface area contributed by atoms with Crippen molar-refractivity contribution in [3.05, 3.63) is 29.8 Å². The molecule has 1 aliphatic carbocycles. The molecule has 1 aromatic carbocycles. The van der Waals surface area contributed by atoms with Crippen molar-refractivity contribution in [1.82, 2.24) is 5.32 Å². The molecule has 0 aromatic heterocycles. The molecule has 1 saturated carbocycles. The minimum atomic E-state index is 0.498. The van der Waals surface area contributed by atoms with Gasteiger partial charge in [0.1, 0.15) is 5.75 Å². The summed E-state index contributed by atoms with van der Waals surface area (Å²) in [4.78, 5) is 0. The van der Waals surface area contributed by atoms with Gasteiger partial charge in [0.25, 0.3) is 0 Å². The second-order valence-corrected chi connectivity index (χ2v) is 6.48. The second-order valence-electron chi connectivity index (χ2n) is 6.48. The quantitative estimate of drug-likeness (QED) is 0.766. The highest BCUT2D eigenvalue weighted by Gasteiger charge is 2.27. The summed E-state index contributed by atoms with van der Waals surface area (Å²) in [6.45, 7) is 8.58. The number of ether oxygens (including phenoxy) is 1. The van der Waals surface area contributed by atoms with Gasteiger partial charge < -0.3 is 10.1 Å². The minimum Gasteiger partial charge on any atom is -0.494 e. The van der Waals surface area contributed by atoms with Crippen LogP contribution >= 0.6 is 0 Å². The van der Waals surface area contributed by atoms with Gasteiger partial charge in [0.05, 0.1) is 6.61 Å². The summed E-state index contributed by atoms with van der Waals surface area (Å²) >= 11 is 0. The van der Waals surface area contributed by atoms with Crippen LogP contribution in [0.5, 0.6) is 5.75 Å². The number of nitrogens with one attached hydrogen (secondary N) is 1. The first kappa shape index (κ1) is 16.4. The van der Waals surface area contributed by atoms with E-state index in [0.717, 1.165) is 37.2 Å². The summed E-state index contributed by atoms with van der Waals surface area (Å²) < 4.78 is 5.69. The number of rotatable bonds is 7. The SMILES string of the molecule is CCCOc1ccc(C(NCC)C2CCCC(C)C2)cc1. The van der Waals surface area contributed by atoms with Crippen LogP contribution in [-0.4, -0.2) is 13.2 Å². The molecule has 3 unspecified atom stereocenters. The Morgan fingerprint density at radius 2 is 1.95 bits per heavy atom. The van der Waals surface area contributed by atoms with E-state index in [9.17, 15) is 0 Å². The van der Waals surface area contributed by atoms with Crippen LogP contribution in [0.25, 0.3) is 0 Å². The molecule has 118 valence electrons. The fourth-order valence-corrected chi connectivity index (χ4v) is 3.55. The van der Waals surface area contributed by atoms with Gasteiger partial charge in [-0.05, 0) is 55.3 Å². The first-order chi connectivity index (χ1) is 10.2. The second kappa shape index (κ2) is 8.43. The Hall–Kier alpha value is -1.02. The molecule has 0 heterocycles. The first-order valence-electron chi connectivity index (χ1n) is 8.70. The van der Waals surface area contributed by atoms with Crippen molar-refractivity contribution in [3.8, 4) is 5.75 Å². The van der Waals surface area contributed by atoms with E-state index in [-0.39, 0.29) is 0 Å². The highest BCUT2D eigenvalue weighted by molar-refractivity contribution is 5.29. The molecular weight excluding hydrogens is 258 g/mol. The van der Waals surface area contributed by atoms with Crippen molar-refractivity contribution in [2.75, 3.05) is 13.2 Å². The third-order valence-electron chi connectivity index (χ3n) is 4.58. The number of benzene rings is 1. The molecule has 0 bridgehead atoms. The molecule has 0 amide bonds. The van der Waals surface area contributed by atoms with Crippen LogP contribution in [0.1, 0.15) is 64.5 Å². The maximum Gasteiger partial charge on any atom is 0.119 e. The first-order valence-corrected chi connectivity index (χ1v) is 8.70. The molecule has 1 N–H and O–H groups in total. The smallest absolute Gasteiger partial charge is 0.119 e. The lowest BCUT2D eigenvalue weighted by atomic mass is 9.76. The van der Waals surface area contributed by atoms with Crippen molar-refractivity contribution < 1.29 is 4.74 Å². The zero-order valence-corrected chi connectivity index (χ0v) is 13.9. The predicted molar refractivity (Wildman–Crippen MR) is 89.8 cm³/mol. The Morgan fingerprint density at radius 3 is 2.57 bits per heavy atom. The number of hydrogen-bond donors (Lipinski definition) is 1. The zero-order valence-electron chi connectivity index (χ0n) is 13.9. The largest absolute Gasteiger partial charge is 0.494 e. The van der Waals surface area contributed by atoms with E-state index in [1.807, 2.05) is 0 Å². The molecule has 1 aromatic rings. The molecule has 21 heavy (non-hydrogen) atoms. The van der Waals surface area contributed by atoms with E-state index in [1.165, 1.54) is 31.2 Å². The highest BCUT2D eigenvalue weighted by atomic mass is 16.5. The van der Waals surface area contributed by atoms with Gasteiger partial charge in [-0.2, -0.15) is 0 Å². The average molecular weight is 289 g/mol. The topological polar surface area (TPSA) is 21.3 Å². The number of hydrogen-bond acceptors (Lipinski definition) is 2. The van der Waals surface area contributed by atoms with Crippen LogP contribution in [-0.2, 0) is 0 Å². The lowest BCUT2D eigenvalue weighted by Crippen LogP contribution is -2.31. The third kappa shape index (κ3) is 4.74. The molecule has 2 nitrogen and oxygen atoms in total. The lowest BCUT2D eigenvalue weighted by molar-refractivity contribution is 0.225. The summed E-state index contributed by atoms with van der Waals surface area (Å²) in [5.74, 6) is 2.64. The minimum absolute atomic E-state index is 0.498. The van der Waals surface area contributed by atoms with Crippen molar-refractivity contribution in [2.45, 2.75) is 58.9 Å². The fraction of sp³-hybridized carbons (Fsp3) is 0.684. The van der Waals surface area contributed by atoms with Crippen molar-refractivity contribution in [2.24, 2.45) is 11.8 Å². The average Bonchev–Trinajstić information content (AvgIpc) is 2.51. The zero-order chi connectivity index (χ0) is 15.1. The molecule has 2 rings (SSSR count). The Labute approximate surface area is 130 Å². The van der Waals surface area contributed by atoms with Gasteiger partial charge in [-0.25, -0.2) is 0 Å². The van der Waals surface area contributed by atoms with E-state index in [2.05, 4.69) is 50.4 Å². The monoisotopic (exact) mass is 289 g/mol. The molecular formula is C19H31NO. The molecule has 0 aliphatic heterocycles. The molecule has 0 spiro atoms. The van der Waals surface area contributed by atoms with Crippen LogP contribution in [0.4, 0.5) is 0 Å². The van der Waals surface area contributed by atoms with E-state index in [1.54, 1.807) is 0 Å². The third-order valence-corrected chi connectivity index (χ3v) is 4.58. The van der Waals surface area contributed by atoms with Crippen LogP contribution in [0.3, 0.4) is 0 Å². The fourth-order valence-electron chi connectivity index (χ4n) is 3.55. The van der Waals surface area contributed by atoms with Crippen molar-refractivity contribution >= 4 is 0 Å². The van der Waals surface area contributed by atoms with Gasteiger partial charge in [-0.1, -0.05) is 45.7 Å². The summed E-state index contributed by atoms with van der Waals surface area (Å²) in [6.07, 6.45) is 6.55. The van der Waals surface area contributed by atoms with Crippen LogP contribution in [0, 0.1) is 11.8 Å². The van der Waals surface area contributed by atoms with Gasteiger partial charge in [-0.15, -0.1) is 0 Å². The van der Waals surface area contributed by atoms with E-state index >= 15 is 0 Å². The molecule has 1 aliphatic rings. The molecule has 2 heteroatoms.